The van der Waals surface area contributed by atoms with E-state index >= 15 is 0 Å². The number of thiazole rings is 1. The molecule has 176 valence electrons. The molecule has 1 N–H and O–H groups in total. The van der Waals surface area contributed by atoms with Crippen LogP contribution in [0.4, 0.5) is 5.13 Å². The minimum Gasteiger partial charge on any atom is -0.494 e. The number of amides is 1. The van der Waals surface area contributed by atoms with Crippen LogP contribution in [0.5, 0.6) is 5.75 Å². The molecule has 0 bridgehead atoms. The van der Waals surface area contributed by atoms with E-state index in [4.69, 9.17) is 9.47 Å². The first-order chi connectivity index (χ1) is 15.7. The largest absolute Gasteiger partial charge is 0.494 e. The number of carbonyl (C=O) groups is 2. The van der Waals surface area contributed by atoms with Crippen LogP contribution in [-0.4, -0.2) is 60.5 Å². The monoisotopic (exact) mass is 492 g/mol. The van der Waals surface area contributed by atoms with Gasteiger partial charge in [0, 0.05) is 19.8 Å². The van der Waals surface area contributed by atoms with Gasteiger partial charge in [0.05, 0.1) is 23.9 Å². The lowest BCUT2D eigenvalue weighted by molar-refractivity contribution is -0.119. The summed E-state index contributed by atoms with van der Waals surface area (Å²) in [4.78, 5) is 29.3. The molecule has 1 fully saturated rings. The number of rotatable bonds is 7. The first kappa shape index (κ1) is 23.2. The number of benzene rings is 1. The van der Waals surface area contributed by atoms with Crippen molar-refractivity contribution in [1.82, 2.24) is 13.9 Å². The average molecular weight is 493 g/mol. The number of aryl methyl sites for hydroxylation is 1. The van der Waals surface area contributed by atoms with E-state index in [-0.39, 0.29) is 17.1 Å². The Labute approximate surface area is 195 Å². The Morgan fingerprint density at radius 2 is 2.09 bits per heavy atom. The van der Waals surface area contributed by atoms with Crippen LogP contribution < -0.4 is 10.1 Å². The SMILES string of the molecule is CCOc1ccc2nc(NC(=O)[C@@H]3CCCN3S(=O)(=O)c3cc(C(=O)OC)n(C)c3)sc2c1. The maximum absolute atomic E-state index is 13.3. The van der Waals surface area contributed by atoms with Crippen LogP contribution in [0.2, 0.25) is 0 Å². The highest BCUT2D eigenvalue weighted by Gasteiger charge is 2.40. The number of anilines is 1. The standard InChI is InChI=1S/C21H24N4O6S2/c1-4-31-13-7-8-15-18(10-13)32-21(22-15)23-19(26)16-6-5-9-25(16)33(28,29)14-11-17(20(27)30-3)24(2)12-14/h7-8,10-12,16H,4-6,9H2,1-3H3,(H,22,23,26)/t16-/m0/s1. The zero-order valence-electron chi connectivity index (χ0n) is 18.4. The molecule has 3 aromatic rings. The molecular weight excluding hydrogens is 468 g/mol. The third-order valence-electron chi connectivity index (χ3n) is 5.39. The quantitative estimate of drug-likeness (QED) is 0.504. The summed E-state index contributed by atoms with van der Waals surface area (Å²) >= 11 is 1.29. The van der Waals surface area contributed by atoms with Crippen molar-refractivity contribution in [2.75, 3.05) is 25.6 Å². The van der Waals surface area contributed by atoms with Crippen molar-refractivity contribution in [3.8, 4) is 5.75 Å². The zero-order valence-corrected chi connectivity index (χ0v) is 20.0. The van der Waals surface area contributed by atoms with Crippen molar-refractivity contribution < 1.29 is 27.5 Å². The van der Waals surface area contributed by atoms with E-state index in [2.05, 4.69) is 10.3 Å². The first-order valence-electron chi connectivity index (χ1n) is 10.4. The van der Waals surface area contributed by atoms with Gasteiger partial charge >= 0.3 is 5.97 Å². The summed E-state index contributed by atoms with van der Waals surface area (Å²) in [6.45, 7) is 2.65. The van der Waals surface area contributed by atoms with Crippen LogP contribution in [-0.2, 0) is 26.6 Å². The molecule has 4 rings (SSSR count). The van der Waals surface area contributed by atoms with E-state index in [0.29, 0.717) is 35.8 Å². The number of ether oxygens (including phenoxy) is 2. The van der Waals surface area contributed by atoms with Crippen molar-refractivity contribution in [2.24, 2.45) is 7.05 Å². The first-order valence-corrected chi connectivity index (χ1v) is 12.6. The van der Waals surface area contributed by atoms with Crippen LogP contribution in [0.1, 0.15) is 30.3 Å². The highest BCUT2D eigenvalue weighted by atomic mass is 32.2. The van der Waals surface area contributed by atoms with Crippen LogP contribution >= 0.6 is 11.3 Å². The molecule has 0 radical (unpaired) electrons. The van der Waals surface area contributed by atoms with E-state index in [1.807, 2.05) is 25.1 Å². The van der Waals surface area contributed by atoms with Gasteiger partial charge in [-0.3, -0.25) is 4.79 Å². The zero-order chi connectivity index (χ0) is 23.8. The van der Waals surface area contributed by atoms with Crippen LogP contribution in [0, 0.1) is 0 Å². The second kappa shape index (κ2) is 9.12. The molecule has 3 heterocycles. The van der Waals surface area contributed by atoms with Gasteiger partial charge in [-0.15, -0.1) is 0 Å². The van der Waals surface area contributed by atoms with Gasteiger partial charge in [0.2, 0.25) is 15.9 Å². The van der Waals surface area contributed by atoms with Crippen molar-refractivity contribution in [1.29, 1.82) is 0 Å². The van der Waals surface area contributed by atoms with E-state index in [9.17, 15) is 18.0 Å². The van der Waals surface area contributed by atoms with Crippen LogP contribution in [0.3, 0.4) is 0 Å². The fourth-order valence-electron chi connectivity index (χ4n) is 3.81. The topological polar surface area (TPSA) is 120 Å². The van der Waals surface area contributed by atoms with E-state index < -0.39 is 27.9 Å². The summed E-state index contributed by atoms with van der Waals surface area (Å²) in [5, 5.41) is 3.15. The van der Waals surface area contributed by atoms with Gasteiger partial charge < -0.3 is 19.4 Å². The van der Waals surface area contributed by atoms with Gasteiger partial charge in [-0.1, -0.05) is 11.3 Å². The summed E-state index contributed by atoms with van der Waals surface area (Å²) in [6, 6.07) is 5.87. The number of aromatic nitrogens is 2. The molecule has 2 aromatic heterocycles. The number of hydrogen-bond acceptors (Lipinski definition) is 8. The molecule has 1 amide bonds. The van der Waals surface area contributed by atoms with Crippen molar-refractivity contribution >= 4 is 48.6 Å². The van der Waals surface area contributed by atoms with Crippen molar-refractivity contribution in [2.45, 2.75) is 30.7 Å². The summed E-state index contributed by atoms with van der Waals surface area (Å²) in [5.41, 5.74) is 0.825. The van der Waals surface area contributed by atoms with Crippen molar-refractivity contribution in [3.05, 3.63) is 36.2 Å². The lowest BCUT2D eigenvalue weighted by atomic mass is 10.2. The molecule has 0 unspecified atom stereocenters. The van der Waals surface area contributed by atoms with E-state index in [0.717, 1.165) is 4.70 Å². The highest BCUT2D eigenvalue weighted by molar-refractivity contribution is 7.89. The van der Waals surface area contributed by atoms with Gasteiger partial charge in [0.15, 0.2) is 5.13 Å². The molecule has 1 atom stereocenters. The minimum absolute atomic E-state index is 0.0615. The summed E-state index contributed by atoms with van der Waals surface area (Å²) in [5.74, 6) is -0.365. The van der Waals surface area contributed by atoms with Gasteiger partial charge in [-0.05, 0) is 44.0 Å². The maximum Gasteiger partial charge on any atom is 0.354 e. The number of nitrogens with zero attached hydrogens (tertiary/aromatic N) is 3. The average Bonchev–Trinajstić information content (AvgIpc) is 3.51. The summed E-state index contributed by atoms with van der Waals surface area (Å²) in [6.07, 6.45) is 2.28. The van der Waals surface area contributed by atoms with E-state index in [1.165, 1.54) is 39.6 Å². The molecule has 1 aromatic carbocycles. The molecule has 0 saturated carbocycles. The third kappa shape index (κ3) is 4.45. The lowest BCUT2D eigenvalue weighted by Gasteiger charge is -2.22. The summed E-state index contributed by atoms with van der Waals surface area (Å²) < 4.78 is 40.2. The molecule has 33 heavy (non-hydrogen) atoms. The second-order valence-corrected chi connectivity index (χ2v) is 10.4. The number of fused-ring (bicyclic) bond motifs is 1. The summed E-state index contributed by atoms with van der Waals surface area (Å²) in [7, 11) is -1.21. The molecular formula is C21H24N4O6S2. The Kier molecular flexibility index (Phi) is 6.41. The maximum atomic E-state index is 13.3. The Morgan fingerprint density at radius 3 is 2.82 bits per heavy atom. The van der Waals surface area contributed by atoms with E-state index in [1.54, 1.807) is 7.05 Å². The molecule has 0 spiro atoms. The number of carbonyl (C=O) groups excluding carboxylic acids is 2. The van der Waals surface area contributed by atoms with Gasteiger partial charge in [0.1, 0.15) is 22.4 Å². The third-order valence-corrected chi connectivity index (χ3v) is 8.20. The minimum atomic E-state index is -3.99. The second-order valence-electron chi connectivity index (χ2n) is 7.51. The number of sulfonamides is 1. The van der Waals surface area contributed by atoms with Gasteiger partial charge in [0.25, 0.3) is 0 Å². The van der Waals surface area contributed by atoms with Crippen LogP contribution in [0.25, 0.3) is 10.2 Å². The molecule has 0 aliphatic carbocycles. The molecule has 1 saturated heterocycles. The smallest absolute Gasteiger partial charge is 0.354 e. The Hall–Kier alpha value is -2.96. The Morgan fingerprint density at radius 1 is 1.30 bits per heavy atom. The lowest BCUT2D eigenvalue weighted by Crippen LogP contribution is -2.43. The Bertz CT molecular complexity index is 1310. The fraction of sp³-hybridized carbons (Fsp3) is 0.381. The highest BCUT2D eigenvalue weighted by Crippen LogP contribution is 2.31. The molecule has 10 nitrogen and oxygen atoms in total. The van der Waals surface area contributed by atoms with Gasteiger partial charge in [-0.25, -0.2) is 18.2 Å². The number of esters is 1. The number of methoxy groups -OCH3 is 1. The van der Waals surface area contributed by atoms with Gasteiger partial charge in [-0.2, -0.15) is 4.31 Å². The Balaban J connectivity index is 1.55. The molecule has 12 heteroatoms. The predicted octanol–water partition coefficient (Wildman–Crippen LogP) is 2.61. The molecule has 1 aliphatic rings. The fourth-order valence-corrected chi connectivity index (χ4v) is 6.44. The number of nitrogens with one attached hydrogen (secondary N) is 1. The predicted molar refractivity (Wildman–Crippen MR) is 123 cm³/mol. The van der Waals surface area contributed by atoms with Crippen molar-refractivity contribution in [3.63, 3.8) is 0 Å². The normalized spacial score (nSPS) is 16.8. The number of hydrogen-bond donors (Lipinski definition) is 1. The molecule has 1 aliphatic heterocycles. The van der Waals surface area contributed by atoms with Crippen LogP contribution in [0.15, 0.2) is 35.4 Å².